The SMILES string of the molecule is CCO[SH](C)OCC. The smallest absolute Gasteiger partial charge is 0.0682 e. The maximum Gasteiger partial charge on any atom is 0.0682 e. The molecule has 3 heteroatoms. The molecule has 52 valence electrons. The molecule has 0 N–H and O–H groups in total. The van der Waals surface area contributed by atoms with E-state index in [9.17, 15) is 0 Å². The topological polar surface area (TPSA) is 18.5 Å². The van der Waals surface area contributed by atoms with Crippen LogP contribution in [0.25, 0.3) is 0 Å². The Kier molecular flexibility index (Phi) is 5.59. The van der Waals surface area contributed by atoms with Gasteiger partial charge in [-0.1, -0.05) is 0 Å². The van der Waals surface area contributed by atoms with Crippen LogP contribution in [-0.4, -0.2) is 19.5 Å². The van der Waals surface area contributed by atoms with Crippen molar-refractivity contribution in [2.24, 2.45) is 0 Å². The summed E-state index contributed by atoms with van der Waals surface area (Å²) in [5.74, 6) is 0. The van der Waals surface area contributed by atoms with Crippen molar-refractivity contribution in [2.45, 2.75) is 13.8 Å². The fourth-order valence-electron chi connectivity index (χ4n) is 0.401. The molecular weight excluding hydrogens is 124 g/mol. The minimum atomic E-state index is -0.581. The average Bonchev–Trinajstić information content (AvgIpc) is 1.68. The molecule has 0 spiro atoms. The Hall–Kier alpha value is 0.270. The van der Waals surface area contributed by atoms with Crippen LogP contribution in [0.3, 0.4) is 0 Å². The highest BCUT2D eigenvalue weighted by Gasteiger charge is 1.85. The molecule has 0 saturated heterocycles. The number of hydrogen-bond acceptors (Lipinski definition) is 2. The maximum atomic E-state index is 5.12. The second-order valence-corrected chi connectivity index (χ2v) is 2.67. The summed E-state index contributed by atoms with van der Waals surface area (Å²) in [6.07, 6.45) is 1.96. The molecule has 0 aliphatic carbocycles. The van der Waals surface area contributed by atoms with Crippen molar-refractivity contribution >= 4 is 11.5 Å². The van der Waals surface area contributed by atoms with E-state index in [4.69, 9.17) is 8.37 Å². The summed E-state index contributed by atoms with van der Waals surface area (Å²) in [6, 6.07) is 0. The Morgan fingerprint density at radius 3 is 1.75 bits per heavy atom. The molecule has 0 rings (SSSR count). The van der Waals surface area contributed by atoms with Crippen LogP contribution in [0.4, 0.5) is 0 Å². The van der Waals surface area contributed by atoms with Crippen molar-refractivity contribution < 1.29 is 8.37 Å². The monoisotopic (exact) mass is 138 g/mol. The lowest BCUT2D eigenvalue weighted by Gasteiger charge is -2.17. The predicted molar refractivity (Wildman–Crippen MR) is 38.2 cm³/mol. The highest BCUT2D eigenvalue weighted by molar-refractivity contribution is 8.07. The standard InChI is InChI=1S/C5H14O2S/c1-4-6-8(3)7-5-2/h8H,4-5H2,1-3H3. The number of rotatable bonds is 4. The van der Waals surface area contributed by atoms with Gasteiger partial charge in [0, 0.05) is 6.26 Å². The van der Waals surface area contributed by atoms with Crippen LogP contribution in [0.5, 0.6) is 0 Å². The average molecular weight is 138 g/mol. The molecule has 0 aliphatic heterocycles. The highest BCUT2D eigenvalue weighted by Crippen LogP contribution is 2.21. The lowest BCUT2D eigenvalue weighted by Crippen LogP contribution is -1.91. The summed E-state index contributed by atoms with van der Waals surface area (Å²) in [4.78, 5) is 0. The molecule has 0 saturated carbocycles. The first-order valence-corrected chi connectivity index (χ1v) is 4.43. The van der Waals surface area contributed by atoms with Gasteiger partial charge in [-0.15, -0.1) is 0 Å². The van der Waals surface area contributed by atoms with Gasteiger partial charge < -0.3 is 0 Å². The molecule has 0 aromatic heterocycles. The van der Waals surface area contributed by atoms with Gasteiger partial charge in [0.05, 0.1) is 13.2 Å². The fraction of sp³-hybridized carbons (Fsp3) is 1.00. The quantitative estimate of drug-likeness (QED) is 0.594. The van der Waals surface area contributed by atoms with Gasteiger partial charge in [-0.2, -0.15) is 0 Å². The van der Waals surface area contributed by atoms with E-state index >= 15 is 0 Å². The Labute approximate surface area is 53.9 Å². The largest absolute Gasteiger partial charge is 0.287 e. The second-order valence-electron chi connectivity index (χ2n) is 1.28. The van der Waals surface area contributed by atoms with E-state index < -0.39 is 11.5 Å². The number of hydrogen-bond donors (Lipinski definition) is 1. The van der Waals surface area contributed by atoms with Crippen LogP contribution < -0.4 is 0 Å². The third-order valence-electron chi connectivity index (χ3n) is 0.622. The molecule has 2 nitrogen and oxygen atoms in total. The van der Waals surface area contributed by atoms with Crippen molar-refractivity contribution in [1.82, 2.24) is 0 Å². The van der Waals surface area contributed by atoms with E-state index in [-0.39, 0.29) is 0 Å². The third-order valence-corrected chi connectivity index (χ3v) is 1.87. The van der Waals surface area contributed by atoms with Gasteiger partial charge in [0.2, 0.25) is 0 Å². The molecule has 0 aliphatic rings. The minimum Gasteiger partial charge on any atom is -0.287 e. The van der Waals surface area contributed by atoms with Crippen molar-refractivity contribution in [3.8, 4) is 0 Å². The van der Waals surface area contributed by atoms with Crippen LogP contribution >= 0.6 is 11.5 Å². The highest BCUT2D eigenvalue weighted by atomic mass is 32.2. The maximum absolute atomic E-state index is 5.12. The lowest BCUT2D eigenvalue weighted by atomic mass is 10.9. The second kappa shape index (κ2) is 5.41. The fourth-order valence-corrected chi connectivity index (χ4v) is 1.20. The first kappa shape index (κ1) is 8.27. The van der Waals surface area contributed by atoms with Crippen LogP contribution in [0.1, 0.15) is 13.8 Å². The summed E-state index contributed by atoms with van der Waals surface area (Å²) in [5, 5.41) is 0. The number of thiol groups is 1. The van der Waals surface area contributed by atoms with Crippen LogP contribution in [0.15, 0.2) is 0 Å². The van der Waals surface area contributed by atoms with E-state index in [0.717, 1.165) is 13.2 Å². The van der Waals surface area contributed by atoms with Crippen molar-refractivity contribution in [3.05, 3.63) is 0 Å². The summed E-state index contributed by atoms with van der Waals surface area (Å²) < 4.78 is 10.2. The zero-order chi connectivity index (χ0) is 6.41. The van der Waals surface area contributed by atoms with Crippen molar-refractivity contribution in [3.63, 3.8) is 0 Å². The zero-order valence-electron chi connectivity index (χ0n) is 5.68. The summed E-state index contributed by atoms with van der Waals surface area (Å²) in [5.41, 5.74) is 0. The molecule has 0 amide bonds. The van der Waals surface area contributed by atoms with Gasteiger partial charge in [-0.3, -0.25) is 8.37 Å². The van der Waals surface area contributed by atoms with E-state index in [2.05, 4.69) is 0 Å². The van der Waals surface area contributed by atoms with Gasteiger partial charge in [0.1, 0.15) is 0 Å². The van der Waals surface area contributed by atoms with Gasteiger partial charge in [-0.05, 0) is 13.8 Å². The van der Waals surface area contributed by atoms with E-state index in [0.29, 0.717) is 0 Å². The Bertz CT molecular complexity index is 43.7. The van der Waals surface area contributed by atoms with E-state index in [1.807, 2.05) is 20.1 Å². The summed E-state index contributed by atoms with van der Waals surface area (Å²) >= 11 is -0.581. The molecule has 8 heavy (non-hydrogen) atoms. The zero-order valence-corrected chi connectivity index (χ0v) is 6.57. The lowest BCUT2D eigenvalue weighted by molar-refractivity contribution is 0.297. The van der Waals surface area contributed by atoms with Gasteiger partial charge in [-0.25, -0.2) is 11.5 Å². The minimum absolute atomic E-state index is 0.581. The van der Waals surface area contributed by atoms with Gasteiger partial charge >= 0.3 is 0 Å². The first-order valence-electron chi connectivity index (χ1n) is 2.80. The molecule has 0 radical (unpaired) electrons. The van der Waals surface area contributed by atoms with Gasteiger partial charge in [0.15, 0.2) is 0 Å². The van der Waals surface area contributed by atoms with Crippen molar-refractivity contribution in [1.29, 1.82) is 0 Å². The molecule has 0 atom stereocenters. The molecule has 0 fully saturated rings. The predicted octanol–water partition coefficient (Wildman–Crippen LogP) is 1.52. The van der Waals surface area contributed by atoms with Gasteiger partial charge in [0.25, 0.3) is 0 Å². The van der Waals surface area contributed by atoms with Crippen LogP contribution in [-0.2, 0) is 8.37 Å². The Morgan fingerprint density at radius 1 is 1.12 bits per heavy atom. The molecule has 0 heterocycles. The summed E-state index contributed by atoms with van der Waals surface area (Å²) in [6.45, 7) is 5.44. The molecule has 0 unspecified atom stereocenters. The first-order chi connectivity index (χ1) is 3.81. The molecule has 0 bridgehead atoms. The normalized spacial score (nSPS) is 11.6. The summed E-state index contributed by atoms with van der Waals surface area (Å²) in [7, 11) is 0. The third kappa shape index (κ3) is 4.43. The van der Waals surface area contributed by atoms with Crippen molar-refractivity contribution in [2.75, 3.05) is 19.5 Å². The van der Waals surface area contributed by atoms with E-state index in [1.165, 1.54) is 0 Å². The Balaban J connectivity index is 2.92. The van der Waals surface area contributed by atoms with E-state index in [1.54, 1.807) is 0 Å². The van der Waals surface area contributed by atoms with Crippen LogP contribution in [0, 0.1) is 0 Å². The molecular formula is C5H14O2S. The molecule has 0 aromatic rings. The molecule has 0 aromatic carbocycles. The Morgan fingerprint density at radius 2 is 1.50 bits per heavy atom. The van der Waals surface area contributed by atoms with Crippen LogP contribution in [0.2, 0.25) is 0 Å².